The maximum atomic E-state index is 13.9. The third-order valence-corrected chi connectivity index (χ3v) is 4.04. The van der Waals surface area contributed by atoms with Gasteiger partial charge in [-0.05, 0) is 30.7 Å². The summed E-state index contributed by atoms with van der Waals surface area (Å²) in [6, 6.07) is 10.5. The Balaban J connectivity index is 1.79. The first kappa shape index (κ1) is 16.1. The maximum absolute atomic E-state index is 13.9. The Morgan fingerprint density at radius 3 is 2.88 bits per heavy atom. The largest absolute Gasteiger partial charge is 0.386 e. The van der Waals surface area contributed by atoms with E-state index in [0.29, 0.717) is 12.0 Å². The second-order valence-electron chi connectivity index (χ2n) is 5.59. The van der Waals surface area contributed by atoms with Gasteiger partial charge in [0.1, 0.15) is 11.9 Å². The van der Waals surface area contributed by atoms with Crippen LogP contribution in [0, 0.1) is 5.82 Å². The van der Waals surface area contributed by atoms with E-state index in [0.717, 1.165) is 11.0 Å². The summed E-state index contributed by atoms with van der Waals surface area (Å²) >= 11 is 0. The molecule has 5 nitrogen and oxygen atoms in total. The molecule has 124 valence electrons. The summed E-state index contributed by atoms with van der Waals surface area (Å²) in [6.07, 6.45) is 0.910. The molecule has 2 atom stereocenters. The van der Waals surface area contributed by atoms with Gasteiger partial charge in [-0.15, -0.1) is 0 Å². The van der Waals surface area contributed by atoms with Crippen molar-refractivity contribution in [1.82, 2.24) is 15.3 Å². The molecule has 0 unspecified atom stereocenters. The molecule has 3 rings (SSSR count). The molecule has 3 N–H and O–H groups in total. The van der Waals surface area contributed by atoms with Gasteiger partial charge < -0.3 is 15.4 Å². The second-order valence-corrected chi connectivity index (χ2v) is 5.59. The van der Waals surface area contributed by atoms with Crippen molar-refractivity contribution in [3.05, 3.63) is 65.7 Å². The third kappa shape index (κ3) is 3.14. The van der Waals surface area contributed by atoms with Gasteiger partial charge in [-0.2, -0.15) is 0 Å². The van der Waals surface area contributed by atoms with E-state index in [2.05, 4.69) is 15.3 Å². The Bertz CT molecular complexity index is 862. The summed E-state index contributed by atoms with van der Waals surface area (Å²) in [5, 5.41) is 13.2. The Kier molecular flexibility index (Phi) is 4.57. The van der Waals surface area contributed by atoms with Gasteiger partial charge in [0, 0.05) is 11.1 Å². The fourth-order valence-electron chi connectivity index (χ4n) is 2.66. The molecule has 24 heavy (non-hydrogen) atoms. The van der Waals surface area contributed by atoms with E-state index in [1.807, 2.05) is 6.92 Å². The van der Waals surface area contributed by atoms with Crippen LogP contribution in [-0.2, 0) is 0 Å². The molecular formula is C18H18FN3O2. The number of hydrogen-bond donors (Lipinski definition) is 3. The number of amides is 1. The lowest BCUT2D eigenvalue weighted by Crippen LogP contribution is -2.39. The molecule has 1 amide bonds. The van der Waals surface area contributed by atoms with Crippen molar-refractivity contribution < 1.29 is 14.3 Å². The standard InChI is InChI=1S/C18H18FN3O2/c1-2-14(17(23)12-5-3-4-6-13(12)19)22-18(24)11-7-8-15-16(9-11)21-10-20-15/h3-10,14,17,23H,2H2,1H3,(H,20,21)(H,22,24)/t14-,17+/m0/s1. The van der Waals surface area contributed by atoms with Crippen LogP contribution in [0.5, 0.6) is 0 Å². The minimum Gasteiger partial charge on any atom is -0.386 e. The first-order chi connectivity index (χ1) is 11.6. The van der Waals surface area contributed by atoms with Gasteiger partial charge in [-0.3, -0.25) is 4.79 Å². The van der Waals surface area contributed by atoms with E-state index >= 15 is 0 Å². The van der Waals surface area contributed by atoms with Crippen molar-refractivity contribution in [2.75, 3.05) is 0 Å². The molecule has 1 aromatic heterocycles. The van der Waals surface area contributed by atoms with Crippen LogP contribution in [0.4, 0.5) is 4.39 Å². The topological polar surface area (TPSA) is 78.0 Å². The summed E-state index contributed by atoms with van der Waals surface area (Å²) in [6.45, 7) is 1.83. The highest BCUT2D eigenvalue weighted by atomic mass is 19.1. The maximum Gasteiger partial charge on any atom is 0.251 e. The van der Waals surface area contributed by atoms with Crippen molar-refractivity contribution in [2.45, 2.75) is 25.5 Å². The molecule has 0 aliphatic rings. The molecule has 0 aliphatic carbocycles. The highest BCUT2D eigenvalue weighted by Gasteiger charge is 2.24. The van der Waals surface area contributed by atoms with Crippen LogP contribution in [0.1, 0.15) is 35.4 Å². The fraction of sp³-hybridized carbons (Fsp3) is 0.222. The SMILES string of the molecule is CC[C@H](NC(=O)c1ccc2nc[nH]c2c1)[C@H](O)c1ccccc1F. The number of nitrogens with one attached hydrogen (secondary N) is 2. The van der Waals surface area contributed by atoms with E-state index in [1.54, 1.807) is 36.7 Å². The number of aliphatic hydroxyl groups is 1. The fourth-order valence-corrected chi connectivity index (χ4v) is 2.66. The number of nitrogens with zero attached hydrogens (tertiary/aromatic N) is 1. The van der Waals surface area contributed by atoms with Crippen LogP contribution in [0.15, 0.2) is 48.8 Å². The quantitative estimate of drug-likeness (QED) is 0.674. The number of fused-ring (bicyclic) bond motifs is 1. The summed E-state index contributed by atoms with van der Waals surface area (Å²) < 4.78 is 13.9. The number of benzene rings is 2. The van der Waals surface area contributed by atoms with Gasteiger partial charge >= 0.3 is 0 Å². The lowest BCUT2D eigenvalue weighted by molar-refractivity contribution is 0.0819. The van der Waals surface area contributed by atoms with Crippen molar-refractivity contribution in [3.8, 4) is 0 Å². The number of aromatic amines is 1. The van der Waals surface area contributed by atoms with Gasteiger partial charge in [0.2, 0.25) is 0 Å². The molecule has 2 aromatic carbocycles. The molecule has 0 aliphatic heterocycles. The van der Waals surface area contributed by atoms with Gasteiger partial charge in [-0.25, -0.2) is 9.37 Å². The molecule has 0 radical (unpaired) electrons. The molecule has 0 saturated heterocycles. The van der Waals surface area contributed by atoms with Crippen molar-refractivity contribution in [3.63, 3.8) is 0 Å². The average molecular weight is 327 g/mol. The molecule has 6 heteroatoms. The predicted molar refractivity (Wildman–Crippen MR) is 89.0 cm³/mol. The van der Waals surface area contributed by atoms with Crippen molar-refractivity contribution in [2.24, 2.45) is 0 Å². The summed E-state index contributed by atoms with van der Waals surface area (Å²) in [7, 11) is 0. The number of hydrogen-bond acceptors (Lipinski definition) is 3. The Morgan fingerprint density at radius 1 is 1.33 bits per heavy atom. The zero-order valence-electron chi connectivity index (χ0n) is 13.2. The highest BCUT2D eigenvalue weighted by Crippen LogP contribution is 2.22. The highest BCUT2D eigenvalue weighted by molar-refractivity contribution is 5.97. The first-order valence-corrected chi connectivity index (χ1v) is 7.76. The molecule has 0 bridgehead atoms. The van der Waals surface area contributed by atoms with Crippen molar-refractivity contribution >= 4 is 16.9 Å². The van der Waals surface area contributed by atoms with E-state index in [1.165, 1.54) is 12.1 Å². The van der Waals surface area contributed by atoms with E-state index in [-0.39, 0.29) is 11.5 Å². The number of halogens is 1. The molecule has 0 spiro atoms. The lowest BCUT2D eigenvalue weighted by atomic mass is 9.99. The van der Waals surface area contributed by atoms with Crippen LogP contribution in [0.25, 0.3) is 11.0 Å². The van der Waals surface area contributed by atoms with Crippen LogP contribution in [0.2, 0.25) is 0 Å². The number of carbonyl (C=O) groups excluding carboxylic acids is 1. The minimum atomic E-state index is -1.11. The van der Waals surface area contributed by atoms with Crippen LogP contribution in [-0.4, -0.2) is 27.0 Å². The smallest absolute Gasteiger partial charge is 0.251 e. The van der Waals surface area contributed by atoms with Gasteiger partial charge in [0.15, 0.2) is 0 Å². The summed E-state index contributed by atoms with van der Waals surface area (Å²) in [5.41, 5.74) is 2.15. The first-order valence-electron chi connectivity index (χ1n) is 7.76. The average Bonchev–Trinajstić information content (AvgIpc) is 3.07. The number of carbonyl (C=O) groups is 1. The molecule has 0 saturated carbocycles. The molecular weight excluding hydrogens is 309 g/mol. The minimum absolute atomic E-state index is 0.175. The zero-order valence-corrected chi connectivity index (χ0v) is 13.2. The number of imidazole rings is 1. The normalized spacial score (nSPS) is 13.6. The Hall–Kier alpha value is -2.73. The Morgan fingerprint density at radius 2 is 2.12 bits per heavy atom. The number of H-pyrrole nitrogens is 1. The monoisotopic (exact) mass is 327 g/mol. The van der Waals surface area contributed by atoms with Gasteiger partial charge in [0.05, 0.1) is 23.4 Å². The molecule has 3 aromatic rings. The summed E-state index contributed by atoms with van der Waals surface area (Å²) in [5.74, 6) is -0.815. The predicted octanol–water partition coefficient (Wildman–Crippen LogP) is 2.94. The number of aliphatic hydroxyl groups excluding tert-OH is 1. The second kappa shape index (κ2) is 6.80. The summed E-state index contributed by atoms with van der Waals surface area (Å²) in [4.78, 5) is 19.5. The van der Waals surface area contributed by atoms with Crippen LogP contribution in [0.3, 0.4) is 0 Å². The van der Waals surface area contributed by atoms with Crippen molar-refractivity contribution in [1.29, 1.82) is 0 Å². The molecule has 0 fully saturated rings. The number of aromatic nitrogens is 2. The third-order valence-electron chi connectivity index (χ3n) is 4.04. The van der Waals surface area contributed by atoms with Gasteiger partial charge in [0.25, 0.3) is 5.91 Å². The lowest BCUT2D eigenvalue weighted by Gasteiger charge is -2.23. The van der Waals surface area contributed by atoms with Crippen LogP contribution < -0.4 is 5.32 Å². The van der Waals surface area contributed by atoms with Crippen LogP contribution >= 0.6 is 0 Å². The Labute approximate surface area is 138 Å². The molecule has 1 heterocycles. The van der Waals surface area contributed by atoms with Gasteiger partial charge in [-0.1, -0.05) is 25.1 Å². The van der Waals surface area contributed by atoms with E-state index in [9.17, 15) is 14.3 Å². The van der Waals surface area contributed by atoms with E-state index in [4.69, 9.17) is 0 Å². The van der Waals surface area contributed by atoms with E-state index < -0.39 is 18.0 Å². The number of rotatable bonds is 5. The zero-order chi connectivity index (χ0) is 17.1.